The Kier molecular flexibility index (Phi) is 4.30. The Bertz CT molecular complexity index is 566. The van der Waals surface area contributed by atoms with Crippen molar-refractivity contribution >= 4 is 11.6 Å². The largest absolute Gasteiger partial charge is 0.338 e. The second kappa shape index (κ2) is 6.35. The van der Waals surface area contributed by atoms with Crippen molar-refractivity contribution in [2.45, 2.75) is 13.0 Å². The van der Waals surface area contributed by atoms with Crippen LogP contribution < -0.4 is 5.32 Å². The minimum absolute atomic E-state index is 0.644. The van der Waals surface area contributed by atoms with Crippen LogP contribution in [0.4, 0.5) is 0 Å². The van der Waals surface area contributed by atoms with Crippen molar-refractivity contribution in [3.05, 3.63) is 46.6 Å². The molecule has 2 aromatic rings. The van der Waals surface area contributed by atoms with Crippen LogP contribution in [-0.2, 0) is 13.0 Å². The zero-order chi connectivity index (χ0) is 13.8. The summed E-state index contributed by atoms with van der Waals surface area (Å²) in [5, 5.41) is 8.09. The zero-order valence-electron chi connectivity index (χ0n) is 11.2. The van der Waals surface area contributed by atoms with Crippen molar-refractivity contribution in [1.29, 1.82) is 0 Å². The Balaban J connectivity index is 1.61. The lowest BCUT2D eigenvalue weighted by molar-refractivity contribution is 0.203. The van der Waals surface area contributed by atoms with E-state index in [1.54, 1.807) is 0 Å². The summed E-state index contributed by atoms with van der Waals surface area (Å²) in [5.74, 6) is 1.39. The molecule has 106 valence electrons. The normalized spacial score (nSPS) is 16.4. The Hall–Kier alpha value is -1.43. The summed E-state index contributed by atoms with van der Waals surface area (Å²) in [6.07, 6.45) is 0.644. The summed E-state index contributed by atoms with van der Waals surface area (Å²) in [5.41, 5.74) is 1.09. The molecule has 1 fully saturated rings. The lowest BCUT2D eigenvalue weighted by Gasteiger charge is -2.25. The van der Waals surface area contributed by atoms with Crippen molar-refractivity contribution in [1.82, 2.24) is 20.4 Å². The van der Waals surface area contributed by atoms with E-state index in [1.807, 2.05) is 24.3 Å². The van der Waals surface area contributed by atoms with E-state index in [0.717, 1.165) is 43.3 Å². The van der Waals surface area contributed by atoms with E-state index in [2.05, 4.69) is 20.4 Å². The first-order valence-electron chi connectivity index (χ1n) is 6.78. The first-order valence-corrected chi connectivity index (χ1v) is 7.16. The van der Waals surface area contributed by atoms with Crippen LogP contribution >= 0.6 is 11.6 Å². The number of rotatable bonds is 4. The average molecular weight is 293 g/mol. The van der Waals surface area contributed by atoms with Crippen molar-refractivity contribution < 1.29 is 4.52 Å². The number of piperazine rings is 1. The predicted molar refractivity (Wildman–Crippen MR) is 76.7 cm³/mol. The molecule has 0 radical (unpaired) electrons. The molecule has 2 heterocycles. The van der Waals surface area contributed by atoms with Crippen LogP contribution in [0.1, 0.15) is 17.3 Å². The lowest BCUT2D eigenvalue weighted by Crippen LogP contribution is -2.42. The first-order chi connectivity index (χ1) is 9.79. The minimum atomic E-state index is 0.644. The van der Waals surface area contributed by atoms with Gasteiger partial charge in [-0.2, -0.15) is 4.98 Å². The highest BCUT2D eigenvalue weighted by atomic mass is 35.5. The second-order valence-corrected chi connectivity index (χ2v) is 5.37. The molecule has 0 atom stereocenters. The summed E-state index contributed by atoms with van der Waals surface area (Å²) >= 11 is 5.97. The Morgan fingerprint density at radius 1 is 1.30 bits per heavy atom. The summed E-state index contributed by atoms with van der Waals surface area (Å²) < 4.78 is 5.31. The van der Waals surface area contributed by atoms with Gasteiger partial charge in [-0.3, -0.25) is 4.90 Å². The Morgan fingerprint density at radius 3 is 2.95 bits per heavy atom. The van der Waals surface area contributed by atoms with Gasteiger partial charge in [-0.1, -0.05) is 28.9 Å². The maximum absolute atomic E-state index is 5.97. The molecule has 1 aromatic carbocycles. The van der Waals surface area contributed by atoms with Gasteiger partial charge in [0.2, 0.25) is 5.89 Å². The highest BCUT2D eigenvalue weighted by Crippen LogP contribution is 2.14. The van der Waals surface area contributed by atoms with Crippen LogP contribution in [-0.4, -0.2) is 41.2 Å². The van der Waals surface area contributed by atoms with E-state index in [-0.39, 0.29) is 0 Å². The molecule has 1 aliphatic heterocycles. The highest BCUT2D eigenvalue weighted by Gasteiger charge is 2.14. The summed E-state index contributed by atoms with van der Waals surface area (Å²) in [4.78, 5) is 6.76. The predicted octanol–water partition coefficient (Wildman–Crippen LogP) is 1.72. The van der Waals surface area contributed by atoms with Crippen LogP contribution in [0.5, 0.6) is 0 Å². The van der Waals surface area contributed by atoms with Crippen LogP contribution in [0, 0.1) is 0 Å². The van der Waals surface area contributed by atoms with E-state index in [4.69, 9.17) is 16.1 Å². The van der Waals surface area contributed by atoms with E-state index in [0.29, 0.717) is 18.1 Å². The molecule has 3 rings (SSSR count). The van der Waals surface area contributed by atoms with Crippen molar-refractivity contribution in [2.75, 3.05) is 26.2 Å². The monoisotopic (exact) mass is 292 g/mol. The van der Waals surface area contributed by atoms with Gasteiger partial charge < -0.3 is 9.84 Å². The van der Waals surface area contributed by atoms with Gasteiger partial charge >= 0.3 is 0 Å². The molecular weight excluding hydrogens is 276 g/mol. The smallest absolute Gasteiger partial charge is 0.240 e. The molecular formula is C14H17ClN4O. The molecule has 0 unspecified atom stereocenters. The second-order valence-electron chi connectivity index (χ2n) is 4.94. The third-order valence-electron chi connectivity index (χ3n) is 3.33. The minimum Gasteiger partial charge on any atom is -0.338 e. The van der Waals surface area contributed by atoms with Gasteiger partial charge in [0.25, 0.3) is 0 Å². The summed E-state index contributed by atoms with van der Waals surface area (Å²) in [6.45, 7) is 4.80. The van der Waals surface area contributed by atoms with Gasteiger partial charge in [-0.15, -0.1) is 0 Å². The van der Waals surface area contributed by atoms with E-state index in [1.165, 1.54) is 0 Å². The van der Waals surface area contributed by atoms with Gasteiger partial charge in [-0.05, 0) is 17.7 Å². The average Bonchev–Trinajstić information content (AvgIpc) is 2.87. The molecule has 0 bridgehead atoms. The van der Waals surface area contributed by atoms with Gasteiger partial charge in [0.05, 0.1) is 6.54 Å². The third kappa shape index (κ3) is 3.56. The standard InChI is InChI=1S/C14H17ClN4O/c15-12-3-1-2-11(8-12)9-13-17-14(20-18-13)10-19-6-4-16-5-7-19/h1-3,8,16H,4-7,9-10H2. The fraction of sp³-hybridized carbons (Fsp3) is 0.429. The van der Waals surface area contributed by atoms with Gasteiger partial charge in [0.1, 0.15) is 0 Å². The van der Waals surface area contributed by atoms with Gasteiger partial charge in [0, 0.05) is 37.6 Å². The molecule has 0 amide bonds. The summed E-state index contributed by atoms with van der Waals surface area (Å²) in [7, 11) is 0. The Morgan fingerprint density at radius 2 is 2.15 bits per heavy atom. The first kappa shape index (κ1) is 13.5. The number of hydrogen-bond acceptors (Lipinski definition) is 5. The Labute approximate surface area is 122 Å². The number of hydrogen-bond donors (Lipinski definition) is 1. The van der Waals surface area contributed by atoms with Crippen LogP contribution in [0.15, 0.2) is 28.8 Å². The number of nitrogens with one attached hydrogen (secondary N) is 1. The fourth-order valence-electron chi connectivity index (χ4n) is 2.32. The number of halogens is 1. The van der Waals surface area contributed by atoms with E-state index >= 15 is 0 Å². The summed E-state index contributed by atoms with van der Waals surface area (Å²) in [6, 6.07) is 7.72. The quantitative estimate of drug-likeness (QED) is 0.930. The number of aromatic nitrogens is 2. The molecule has 6 heteroatoms. The molecule has 0 spiro atoms. The third-order valence-corrected chi connectivity index (χ3v) is 3.56. The van der Waals surface area contributed by atoms with Crippen LogP contribution in [0.2, 0.25) is 5.02 Å². The fourth-order valence-corrected chi connectivity index (χ4v) is 2.53. The van der Waals surface area contributed by atoms with Gasteiger partial charge in [-0.25, -0.2) is 0 Å². The zero-order valence-corrected chi connectivity index (χ0v) is 11.9. The van der Waals surface area contributed by atoms with E-state index < -0.39 is 0 Å². The van der Waals surface area contributed by atoms with Crippen LogP contribution in [0.25, 0.3) is 0 Å². The van der Waals surface area contributed by atoms with E-state index in [9.17, 15) is 0 Å². The van der Waals surface area contributed by atoms with Crippen molar-refractivity contribution in [3.63, 3.8) is 0 Å². The van der Waals surface area contributed by atoms with Gasteiger partial charge in [0.15, 0.2) is 5.82 Å². The molecule has 1 N–H and O–H groups in total. The maximum Gasteiger partial charge on any atom is 0.240 e. The molecule has 1 aliphatic rings. The molecule has 1 saturated heterocycles. The number of benzene rings is 1. The SMILES string of the molecule is Clc1cccc(Cc2noc(CN3CCNCC3)n2)c1. The molecule has 5 nitrogen and oxygen atoms in total. The maximum atomic E-state index is 5.97. The highest BCUT2D eigenvalue weighted by molar-refractivity contribution is 6.30. The lowest BCUT2D eigenvalue weighted by atomic mass is 10.1. The van der Waals surface area contributed by atoms with Crippen LogP contribution in [0.3, 0.4) is 0 Å². The number of nitrogens with zero attached hydrogens (tertiary/aromatic N) is 3. The van der Waals surface area contributed by atoms with Crippen molar-refractivity contribution in [3.8, 4) is 0 Å². The molecule has 20 heavy (non-hydrogen) atoms. The molecule has 1 aromatic heterocycles. The van der Waals surface area contributed by atoms with Crippen molar-refractivity contribution in [2.24, 2.45) is 0 Å². The molecule has 0 aliphatic carbocycles. The molecule has 0 saturated carbocycles. The topological polar surface area (TPSA) is 54.2 Å².